The van der Waals surface area contributed by atoms with Crippen LogP contribution in [-0.2, 0) is 20.8 Å². The van der Waals surface area contributed by atoms with Crippen LogP contribution in [0.2, 0.25) is 5.02 Å². The Hall–Kier alpha value is -4.30. The smallest absolute Gasteiger partial charge is 0.255 e. The summed E-state index contributed by atoms with van der Waals surface area (Å²) in [5.41, 5.74) is 0.954. The number of fused-ring (bicyclic) bond motifs is 3. The lowest BCUT2D eigenvalue weighted by Crippen LogP contribution is -2.63. The predicted octanol–water partition coefficient (Wildman–Crippen LogP) is 2.15. The predicted molar refractivity (Wildman–Crippen MR) is 160 cm³/mol. The largest absolute Gasteiger partial charge is 0.510 e. The first-order valence-corrected chi connectivity index (χ1v) is 14.3. The van der Waals surface area contributed by atoms with E-state index in [1.807, 2.05) is 0 Å². The van der Waals surface area contributed by atoms with Crippen molar-refractivity contribution in [2.75, 3.05) is 33.5 Å². The number of Topliss-reactive ketones (excluding diaryl/α,β-unsaturated/α-hetero) is 2. The van der Waals surface area contributed by atoms with E-state index in [-0.39, 0.29) is 45.8 Å². The Labute approximate surface area is 262 Å². The second kappa shape index (κ2) is 11.2. The molecule has 2 amide bonds. The molecule has 0 fully saturated rings. The van der Waals surface area contributed by atoms with Crippen molar-refractivity contribution in [2.24, 2.45) is 17.6 Å². The summed E-state index contributed by atoms with van der Waals surface area (Å²) in [6.45, 7) is 0. The molecule has 0 saturated heterocycles. The molecule has 12 nitrogen and oxygen atoms in total. The molecule has 3 aliphatic carbocycles. The van der Waals surface area contributed by atoms with Crippen molar-refractivity contribution in [1.29, 1.82) is 0 Å². The first-order chi connectivity index (χ1) is 21.0. The van der Waals surface area contributed by atoms with E-state index in [1.165, 1.54) is 48.2 Å². The fraction of sp³-hybridized carbons (Fsp3) is 0.355. The maximum absolute atomic E-state index is 14.6. The molecule has 0 bridgehead atoms. The Morgan fingerprint density at radius 3 is 2.36 bits per heavy atom. The van der Waals surface area contributed by atoms with Crippen LogP contribution in [0.5, 0.6) is 5.75 Å². The molecule has 14 heteroatoms. The molecular formula is C31H32ClFN4O8. The molecule has 3 unspecified atom stereocenters. The number of carbonyl (C=O) groups excluding carboxylic acids is 4. The normalized spacial score (nSPS) is 25.2. The van der Waals surface area contributed by atoms with E-state index in [9.17, 15) is 44.0 Å². The van der Waals surface area contributed by atoms with Gasteiger partial charge in [0.25, 0.3) is 5.91 Å². The third-order valence-electron chi connectivity index (χ3n) is 8.88. The van der Waals surface area contributed by atoms with Crippen LogP contribution < -0.4 is 11.1 Å². The number of anilines is 1. The number of hydrogen-bond donors (Lipinski definition) is 6. The number of nitrogens with two attached hydrogens (primary N) is 1. The van der Waals surface area contributed by atoms with E-state index in [0.29, 0.717) is 0 Å². The number of phenols is 1. The lowest BCUT2D eigenvalue weighted by Gasteiger charge is -2.50. The zero-order valence-electron chi connectivity index (χ0n) is 24.8. The third-order valence-corrected chi connectivity index (χ3v) is 9.18. The number of likely N-dealkylation sites (N-methyl/N-ethyl adjacent to an activating group) is 2. The summed E-state index contributed by atoms with van der Waals surface area (Å²) in [5.74, 6) is -9.40. The lowest BCUT2D eigenvalue weighted by molar-refractivity contribution is -0.148. The van der Waals surface area contributed by atoms with Gasteiger partial charge >= 0.3 is 0 Å². The van der Waals surface area contributed by atoms with Crippen LogP contribution in [-0.4, -0.2) is 93.4 Å². The highest BCUT2D eigenvalue weighted by Crippen LogP contribution is 2.53. The highest BCUT2D eigenvalue weighted by molar-refractivity contribution is 6.35. The van der Waals surface area contributed by atoms with E-state index in [1.54, 1.807) is 20.2 Å². The van der Waals surface area contributed by atoms with E-state index in [4.69, 9.17) is 17.3 Å². The number of carbonyl (C=O) groups is 4. The Morgan fingerprint density at radius 2 is 1.78 bits per heavy atom. The van der Waals surface area contributed by atoms with Gasteiger partial charge in [0.1, 0.15) is 34.6 Å². The molecule has 5 atom stereocenters. The minimum atomic E-state index is -2.79. The van der Waals surface area contributed by atoms with Crippen molar-refractivity contribution in [3.05, 3.63) is 80.5 Å². The molecule has 2 aromatic carbocycles. The highest BCUT2D eigenvalue weighted by atomic mass is 35.5. The second-order valence-corrected chi connectivity index (χ2v) is 12.4. The van der Waals surface area contributed by atoms with Crippen molar-refractivity contribution in [3.8, 4) is 5.75 Å². The number of amides is 2. The fourth-order valence-electron chi connectivity index (χ4n) is 6.93. The number of aromatic hydroxyl groups is 1. The highest BCUT2D eigenvalue weighted by Gasteiger charge is 2.63. The monoisotopic (exact) mass is 642 g/mol. The van der Waals surface area contributed by atoms with Gasteiger partial charge < -0.3 is 31.5 Å². The molecule has 0 aromatic heterocycles. The first kappa shape index (κ1) is 32.1. The third kappa shape index (κ3) is 4.78. The minimum Gasteiger partial charge on any atom is -0.510 e. The number of nitrogens with zero attached hydrogens (tertiary/aromatic N) is 2. The van der Waals surface area contributed by atoms with E-state index >= 15 is 0 Å². The Morgan fingerprint density at radius 1 is 1.13 bits per heavy atom. The number of halogens is 2. The number of primary amides is 1. The molecule has 0 saturated carbocycles. The van der Waals surface area contributed by atoms with Crippen LogP contribution in [0.3, 0.4) is 0 Å². The minimum absolute atomic E-state index is 0.0194. The molecular weight excluding hydrogens is 611 g/mol. The van der Waals surface area contributed by atoms with Crippen molar-refractivity contribution in [1.82, 2.24) is 9.80 Å². The summed E-state index contributed by atoms with van der Waals surface area (Å²) in [7, 11) is 6.18. The van der Waals surface area contributed by atoms with E-state index < -0.39 is 81.6 Å². The maximum atomic E-state index is 14.6. The zero-order chi connectivity index (χ0) is 33.3. The quantitative estimate of drug-likeness (QED) is 0.201. The maximum Gasteiger partial charge on any atom is 0.255 e. The summed E-state index contributed by atoms with van der Waals surface area (Å²) in [4.78, 5) is 55.9. The van der Waals surface area contributed by atoms with Crippen molar-refractivity contribution in [3.63, 3.8) is 0 Å². The van der Waals surface area contributed by atoms with Gasteiger partial charge in [-0.05, 0) is 64.6 Å². The van der Waals surface area contributed by atoms with E-state index in [0.717, 1.165) is 0 Å². The molecule has 0 heterocycles. The van der Waals surface area contributed by atoms with Crippen molar-refractivity contribution in [2.45, 2.75) is 30.5 Å². The number of hydrogen-bond acceptors (Lipinski definition) is 10. The molecule has 45 heavy (non-hydrogen) atoms. The van der Waals surface area contributed by atoms with Gasteiger partial charge in [0, 0.05) is 17.1 Å². The van der Waals surface area contributed by atoms with Crippen LogP contribution in [0.15, 0.2) is 53.0 Å². The number of benzene rings is 2. The van der Waals surface area contributed by atoms with Crippen LogP contribution in [0.1, 0.15) is 33.9 Å². The lowest BCUT2D eigenvalue weighted by atomic mass is 9.58. The molecule has 3 aliphatic rings. The van der Waals surface area contributed by atoms with Gasteiger partial charge in [-0.2, -0.15) is 0 Å². The summed E-state index contributed by atoms with van der Waals surface area (Å²) < 4.78 is 14.6. The average Bonchev–Trinajstić information content (AvgIpc) is 2.93. The SMILES string of the molecule is CN(C)C(C(=O)Nc1c(Cl)cc2c(c1O)C(=O)C1=C(O)[C@]3(O)C(=O)C(C(N)=O)=C(O)[C@@H](N(C)C)C3CC1C2)c1ccccc1F. The van der Waals surface area contributed by atoms with Gasteiger partial charge in [0.05, 0.1) is 16.6 Å². The molecule has 2 aromatic rings. The van der Waals surface area contributed by atoms with Gasteiger partial charge in [0.15, 0.2) is 17.1 Å². The molecule has 0 aliphatic heterocycles. The number of ketones is 2. The van der Waals surface area contributed by atoms with Crippen LogP contribution in [0, 0.1) is 17.7 Å². The van der Waals surface area contributed by atoms with Crippen LogP contribution in [0.25, 0.3) is 0 Å². The fourth-order valence-corrected chi connectivity index (χ4v) is 7.20. The number of nitrogens with one attached hydrogen (secondary N) is 1. The summed E-state index contributed by atoms with van der Waals surface area (Å²) in [6, 6.07) is 4.76. The average molecular weight is 643 g/mol. The summed E-state index contributed by atoms with van der Waals surface area (Å²) in [5, 5.41) is 47.7. The van der Waals surface area contributed by atoms with Gasteiger partial charge in [0.2, 0.25) is 11.7 Å². The number of aliphatic hydroxyl groups is 3. The Bertz CT molecular complexity index is 1740. The zero-order valence-corrected chi connectivity index (χ0v) is 25.5. The molecule has 5 rings (SSSR count). The number of phenolic OH excluding ortho intramolecular Hbond substituents is 1. The summed E-state index contributed by atoms with van der Waals surface area (Å²) >= 11 is 6.50. The molecule has 238 valence electrons. The van der Waals surface area contributed by atoms with Gasteiger partial charge in [-0.15, -0.1) is 0 Å². The number of rotatable bonds is 6. The van der Waals surface area contributed by atoms with Gasteiger partial charge in [-0.25, -0.2) is 4.39 Å². The summed E-state index contributed by atoms with van der Waals surface area (Å²) in [6.07, 6.45) is -0.0681. The van der Waals surface area contributed by atoms with Crippen LogP contribution >= 0.6 is 11.6 Å². The van der Waals surface area contributed by atoms with Gasteiger partial charge in [-0.1, -0.05) is 29.8 Å². The Kier molecular flexibility index (Phi) is 8.03. The van der Waals surface area contributed by atoms with Gasteiger partial charge in [-0.3, -0.25) is 29.0 Å². The van der Waals surface area contributed by atoms with Crippen molar-refractivity contribution < 1.29 is 44.0 Å². The van der Waals surface area contributed by atoms with Crippen LogP contribution in [0.4, 0.5) is 10.1 Å². The first-order valence-electron chi connectivity index (χ1n) is 13.9. The topological polar surface area (TPSA) is 194 Å². The van der Waals surface area contributed by atoms with E-state index in [2.05, 4.69) is 5.32 Å². The molecule has 7 N–H and O–H groups in total. The molecule has 0 spiro atoms. The Balaban J connectivity index is 1.60. The number of allylic oxidation sites excluding steroid dienone is 1. The van der Waals surface area contributed by atoms with Crippen molar-refractivity contribution >= 4 is 40.7 Å². The second-order valence-electron chi connectivity index (χ2n) is 12.0. The number of aliphatic hydroxyl groups excluding tert-OH is 2. The molecule has 0 radical (unpaired) electrons. The standard InChI is InChI=1S/C31H32ClFN4O8/c1-36(2)22(14-7-5-6-8-17(14)33)30(44)35-21-16(32)11-13-9-12-10-15-23(37(3)4)26(40)20(29(34)43)28(42)31(15,45)27(41)19(12)24(38)18(13)25(21)39/h5-8,11-12,15,22-23,39-41,45H,9-10H2,1-4H3,(H2,34,43)(H,35,44)/t12?,15?,22?,23-,31-/m0/s1.